The van der Waals surface area contributed by atoms with Crippen LogP contribution in [0, 0.1) is 0 Å². The van der Waals surface area contributed by atoms with Gasteiger partial charge in [-0.05, 0) is 267 Å². The molecule has 0 saturated heterocycles. The van der Waals surface area contributed by atoms with Crippen molar-refractivity contribution in [1.29, 1.82) is 0 Å². The van der Waals surface area contributed by atoms with E-state index in [-0.39, 0.29) is 0 Å². The van der Waals surface area contributed by atoms with Gasteiger partial charge in [0.15, 0.2) is 0 Å². The van der Waals surface area contributed by atoms with Gasteiger partial charge in [-0.25, -0.2) is 0 Å². The van der Waals surface area contributed by atoms with E-state index in [0.29, 0.717) is 0 Å². The summed E-state index contributed by atoms with van der Waals surface area (Å²) < 4.78 is 0. The SMILES string of the molecule is c1ccc(-c2c(-c3ccccc3)c3c(-c4ccccc4)c(-c4ccccc4)c2-c2ccc(cc2)-c2c(-c4ccccc4)c(-c4ccccc4)c(c(-c4ccccc4)c2-c2ccccc2)-c2ccc(cc2)-c2c(-c4ccccc4)c(-c4ccccc4)c(c(-c4ccccc4)c2-c2ccccc2)-c2ccc(cc2)-c2c(-c4ccccc4)c(-c4ccccc4)c(c(-c4ccccc4)c2-c2ccccc2)-c2ccc-3cc2)cc1. The molecule has 0 aliphatic heterocycles. The summed E-state index contributed by atoms with van der Waals surface area (Å²) in [5.41, 5.74) is 53.1. The second kappa shape index (κ2) is 38.6. The highest BCUT2D eigenvalue weighted by Crippen LogP contribution is 2.64. The molecule has 24 aromatic carbocycles. The van der Waals surface area contributed by atoms with Crippen molar-refractivity contribution in [1.82, 2.24) is 0 Å². The van der Waals surface area contributed by atoms with Gasteiger partial charge in [0, 0.05) is 0 Å². The molecule has 0 saturated carbocycles. The Labute approximate surface area is 843 Å². The van der Waals surface area contributed by atoms with E-state index in [2.05, 4.69) is 582 Å². The zero-order valence-corrected chi connectivity index (χ0v) is 79.4. The highest BCUT2D eigenvalue weighted by Gasteiger charge is 2.37. The van der Waals surface area contributed by atoms with Crippen LogP contribution in [-0.4, -0.2) is 0 Å². The molecule has 14 aliphatic carbocycles. The molecule has 0 spiro atoms. The smallest absolute Gasteiger partial charge is 0.00139 e. The predicted molar refractivity (Wildman–Crippen MR) is 610 cm³/mol. The summed E-state index contributed by atoms with van der Waals surface area (Å²) >= 11 is 0. The van der Waals surface area contributed by atoms with E-state index in [1.165, 1.54) is 0 Å². The zero-order chi connectivity index (χ0) is 95.6. The molecule has 0 unspecified atom stereocenters. The highest BCUT2D eigenvalue weighted by molar-refractivity contribution is 6.22. The van der Waals surface area contributed by atoms with Crippen molar-refractivity contribution >= 4 is 0 Å². The summed E-state index contributed by atoms with van der Waals surface area (Å²) in [6.07, 6.45) is 0. The van der Waals surface area contributed by atoms with Crippen LogP contribution in [0.2, 0.25) is 0 Å². The number of benzene rings is 24. The van der Waals surface area contributed by atoms with Gasteiger partial charge in [0.05, 0.1) is 0 Å². The fraction of sp³-hybridized carbons (Fsp3) is 0. The number of rotatable bonds is 16. The van der Waals surface area contributed by atoms with Crippen molar-refractivity contribution in [3.8, 4) is 267 Å². The summed E-state index contributed by atoms with van der Waals surface area (Å²) in [4.78, 5) is 0. The van der Waals surface area contributed by atoms with Crippen molar-refractivity contribution in [2.75, 3.05) is 0 Å². The van der Waals surface area contributed by atoms with Crippen LogP contribution >= 0.6 is 0 Å². The second-order valence-corrected chi connectivity index (χ2v) is 37.2. The normalized spacial score (nSPS) is 11.3. The maximum Gasteiger partial charge on any atom is -0.00139 e. The summed E-state index contributed by atoms with van der Waals surface area (Å²) in [5, 5.41) is 0. The minimum atomic E-state index is 1.07. The monoisotopic (exact) mass is 1820 g/mol. The maximum absolute atomic E-state index is 2.44. The van der Waals surface area contributed by atoms with E-state index in [0.717, 1.165) is 267 Å². The molecule has 0 radical (unpaired) electrons. The van der Waals surface area contributed by atoms with Crippen LogP contribution < -0.4 is 0 Å². The largest absolute Gasteiger partial charge is 0.0622 e. The van der Waals surface area contributed by atoms with Crippen LogP contribution in [0.3, 0.4) is 0 Å². The molecule has 38 rings (SSSR count). The Morgan fingerprint density at radius 2 is 0.0833 bits per heavy atom. The van der Waals surface area contributed by atoms with Crippen LogP contribution in [0.25, 0.3) is 267 Å². The standard InChI is InChI=1S/C144H96/c1-17-49-97(50-18-1)121-122(98-51-19-2-20-52-98)138-114-85-87-116(88-86-114)140-129(105-65-33-9-34-66-105)131(107-69-37-11-38-70-107)142(132(108-71-39-12-40-72-108)130(140)106-67-35-10-36-68-106)118-93-95-120(96-94-118)144-135(111-77-45-15-46-78-111)133(109-73-41-13-42-74-109)143(134(110-75-43-14-44-76-110)136(144)112-79-47-16-48-80-112)119-91-89-117(90-92-119)141-127(103-61-29-7-30-62-103)125(101-57-25-5-26-58-101)139(126(102-59-27-6-28-60-102)128(141)104-63-31-8-32-64-104)115-83-81-113(82-84-115)137(121)123(99-53-21-3-22-54-99)124(138)100-55-23-4-24-56-100/h1-96H. The number of hydrogen-bond donors (Lipinski definition) is 0. The first kappa shape index (κ1) is 86.8. The molecule has 144 heavy (non-hydrogen) atoms. The van der Waals surface area contributed by atoms with Crippen molar-refractivity contribution < 1.29 is 0 Å². The number of hydrogen-bond acceptors (Lipinski definition) is 0. The van der Waals surface area contributed by atoms with Gasteiger partial charge in [-0.3, -0.25) is 0 Å². The first-order valence-electron chi connectivity index (χ1n) is 49.9. The van der Waals surface area contributed by atoms with Gasteiger partial charge in [0.2, 0.25) is 0 Å². The third-order valence-corrected chi connectivity index (χ3v) is 28.8. The third kappa shape index (κ3) is 15.8. The molecule has 0 amide bonds. The molecule has 14 aliphatic rings. The van der Waals surface area contributed by atoms with Gasteiger partial charge in [0.25, 0.3) is 0 Å². The average molecular weight is 1830 g/mol. The third-order valence-electron chi connectivity index (χ3n) is 28.8. The quantitative estimate of drug-likeness (QED) is 0.0904. The Kier molecular flexibility index (Phi) is 23.3. The van der Waals surface area contributed by atoms with E-state index < -0.39 is 0 Å². The lowest BCUT2D eigenvalue weighted by atomic mass is 9.72. The summed E-state index contributed by atoms with van der Waals surface area (Å²) in [6, 6.07) is 219. The predicted octanol–water partition coefficient (Wildman–Crippen LogP) is 40.0. The van der Waals surface area contributed by atoms with Gasteiger partial charge in [0.1, 0.15) is 0 Å². The molecule has 0 heterocycles. The summed E-state index contributed by atoms with van der Waals surface area (Å²) in [5.74, 6) is 0. The minimum Gasteiger partial charge on any atom is -0.0622 e. The lowest BCUT2D eigenvalue weighted by molar-refractivity contribution is 1.49. The Morgan fingerprint density at radius 3 is 0.132 bits per heavy atom. The first-order chi connectivity index (χ1) is 71.6. The Hall–Kier alpha value is -18.7. The first-order valence-corrected chi connectivity index (χ1v) is 49.9. The molecule has 0 nitrogen and oxygen atoms in total. The minimum absolute atomic E-state index is 1.07. The van der Waals surface area contributed by atoms with Crippen LogP contribution in [-0.2, 0) is 0 Å². The molecular weight excluding hydrogens is 1730 g/mol. The topological polar surface area (TPSA) is 0 Å². The Morgan fingerprint density at radius 1 is 0.0417 bits per heavy atom. The van der Waals surface area contributed by atoms with Gasteiger partial charge in [-0.15, -0.1) is 0 Å². The van der Waals surface area contributed by atoms with Crippen LogP contribution in [0.15, 0.2) is 582 Å². The Bertz CT molecular complexity index is 6760. The molecule has 24 aromatic rings. The van der Waals surface area contributed by atoms with Crippen molar-refractivity contribution in [3.05, 3.63) is 582 Å². The lowest BCUT2D eigenvalue weighted by Gasteiger charge is -2.30. The van der Waals surface area contributed by atoms with Crippen molar-refractivity contribution in [3.63, 3.8) is 0 Å². The lowest BCUT2D eigenvalue weighted by Crippen LogP contribution is -2.04. The Balaban J connectivity index is 0.895. The summed E-state index contributed by atoms with van der Waals surface area (Å²) in [6.45, 7) is 0. The second-order valence-electron chi connectivity index (χ2n) is 37.2. The zero-order valence-electron chi connectivity index (χ0n) is 79.4. The van der Waals surface area contributed by atoms with Crippen LogP contribution in [0.4, 0.5) is 0 Å². The van der Waals surface area contributed by atoms with E-state index in [1.54, 1.807) is 0 Å². The average Bonchev–Trinajstić information content (AvgIpc) is 0.716. The van der Waals surface area contributed by atoms with Crippen molar-refractivity contribution in [2.24, 2.45) is 0 Å². The van der Waals surface area contributed by atoms with Gasteiger partial charge in [-0.1, -0.05) is 582 Å². The van der Waals surface area contributed by atoms with Gasteiger partial charge in [-0.2, -0.15) is 0 Å². The highest BCUT2D eigenvalue weighted by atomic mass is 14.4. The molecule has 0 N–H and O–H groups in total. The molecule has 16 bridgehead atoms. The van der Waals surface area contributed by atoms with E-state index in [9.17, 15) is 0 Å². The molecule has 0 atom stereocenters. The van der Waals surface area contributed by atoms with Gasteiger partial charge < -0.3 is 0 Å². The van der Waals surface area contributed by atoms with Crippen LogP contribution in [0.1, 0.15) is 0 Å². The van der Waals surface area contributed by atoms with E-state index in [4.69, 9.17) is 0 Å². The fourth-order valence-electron chi connectivity index (χ4n) is 22.8. The molecule has 672 valence electrons. The molecule has 0 aromatic heterocycles. The van der Waals surface area contributed by atoms with E-state index in [1.807, 2.05) is 0 Å². The van der Waals surface area contributed by atoms with Crippen molar-refractivity contribution in [2.45, 2.75) is 0 Å². The van der Waals surface area contributed by atoms with Crippen LogP contribution in [0.5, 0.6) is 0 Å². The van der Waals surface area contributed by atoms with E-state index >= 15 is 0 Å². The fourth-order valence-corrected chi connectivity index (χ4v) is 22.8. The molecular formula is C144H96. The maximum atomic E-state index is 2.44. The summed E-state index contributed by atoms with van der Waals surface area (Å²) in [7, 11) is 0. The molecule has 0 heteroatoms. The van der Waals surface area contributed by atoms with Gasteiger partial charge >= 0.3 is 0 Å². The molecule has 0 fully saturated rings.